The van der Waals surface area contributed by atoms with Crippen LogP contribution in [0.1, 0.15) is 24.7 Å². The fourth-order valence-corrected chi connectivity index (χ4v) is 6.50. The van der Waals surface area contributed by atoms with E-state index in [1.165, 1.54) is 16.4 Å². The molecule has 2 N–H and O–H groups in total. The Morgan fingerprint density at radius 1 is 1.23 bits per heavy atom. The zero-order valence-electron chi connectivity index (χ0n) is 17.3. The van der Waals surface area contributed by atoms with E-state index < -0.39 is 9.84 Å². The number of carbonyl (C=O) groups excluding carboxylic acids is 1. The molecule has 2 aromatic carbocycles. The van der Waals surface area contributed by atoms with Crippen LogP contribution in [0, 0.1) is 0 Å². The van der Waals surface area contributed by atoms with Crippen LogP contribution in [0.5, 0.6) is 0 Å². The van der Waals surface area contributed by atoms with E-state index in [-0.39, 0.29) is 29.2 Å². The van der Waals surface area contributed by atoms with E-state index in [0.29, 0.717) is 30.4 Å². The fourth-order valence-electron chi connectivity index (χ4n) is 4.01. The summed E-state index contributed by atoms with van der Waals surface area (Å²) in [4.78, 5) is 14.4. The number of benzene rings is 2. The van der Waals surface area contributed by atoms with Gasteiger partial charge in [-0.1, -0.05) is 54.2 Å². The number of amides is 1. The minimum atomic E-state index is -3.05. The Labute approximate surface area is 185 Å². The molecule has 1 amide bonds. The zero-order valence-corrected chi connectivity index (χ0v) is 18.9. The molecule has 0 aliphatic carbocycles. The molecule has 1 aromatic heterocycles. The van der Waals surface area contributed by atoms with Crippen molar-refractivity contribution < 1.29 is 13.2 Å². The molecule has 4 rings (SSSR count). The number of sulfone groups is 1. The number of thioether (sulfide) groups is 1. The van der Waals surface area contributed by atoms with Crippen molar-refractivity contribution in [1.82, 2.24) is 19.8 Å². The molecule has 2 heterocycles. The van der Waals surface area contributed by atoms with E-state index >= 15 is 0 Å². The molecule has 10 heteroatoms. The molecule has 0 unspecified atom stereocenters. The molecule has 1 aliphatic rings. The van der Waals surface area contributed by atoms with Gasteiger partial charge < -0.3 is 10.7 Å². The predicted octanol–water partition coefficient (Wildman–Crippen LogP) is 1.86. The normalized spacial score (nSPS) is 17.8. The maximum Gasteiger partial charge on any atom is 0.233 e. The number of aromatic nitrogens is 3. The van der Waals surface area contributed by atoms with Gasteiger partial charge in [0, 0.05) is 19.0 Å². The van der Waals surface area contributed by atoms with Gasteiger partial charge in [0.2, 0.25) is 11.1 Å². The highest BCUT2D eigenvalue weighted by atomic mass is 32.2. The molecule has 0 bridgehead atoms. The first-order valence-electron chi connectivity index (χ1n) is 10.2. The first-order valence-corrected chi connectivity index (χ1v) is 13.0. The third-order valence-corrected chi connectivity index (χ3v) is 8.28. The summed E-state index contributed by atoms with van der Waals surface area (Å²) in [5.74, 6) is 7.02. The molecular formula is C21H25N5O3S2. The van der Waals surface area contributed by atoms with Gasteiger partial charge in [0.15, 0.2) is 15.7 Å². The standard InChI is InChI=1S/C21H25N5O3S2/c1-2-25(17-10-11-31(28,29)14-17)20(27)13-30-21-24-23-19(26(21)22)12-16-8-5-7-15-6-3-4-9-18(15)16/h3-9,17H,2,10-14,22H2,1H3/t17-/m1/s1. The topological polar surface area (TPSA) is 111 Å². The number of nitrogens with two attached hydrogens (primary N) is 1. The van der Waals surface area contributed by atoms with Crippen LogP contribution in [0.25, 0.3) is 10.8 Å². The van der Waals surface area contributed by atoms with Crippen LogP contribution in [-0.2, 0) is 21.1 Å². The molecule has 1 fully saturated rings. The van der Waals surface area contributed by atoms with E-state index in [0.717, 1.165) is 16.3 Å². The van der Waals surface area contributed by atoms with Crippen molar-refractivity contribution >= 4 is 38.3 Å². The second-order valence-corrected chi connectivity index (χ2v) is 10.8. The van der Waals surface area contributed by atoms with Crippen molar-refractivity contribution in [1.29, 1.82) is 0 Å². The number of fused-ring (bicyclic) bond motifs is 1. The van der Waals surface area contributed by atoms with Gasteiger partial charge in [-0.25, -0.2) is 13.1 Å². The Kier molecular flexibility index (Phi) is 6.19. The molecule has 0 spiro atoms. The van der Waals surface area contributed by atoms with Gasteiger partial charge in [-0.15, -0.1) is 10.2 Å². The molecule has 0 radical (unpaired) electrons. The smallest absolute Gasteiger partial charge is 0.233 e. The van der Waals surface area contributed by atoms with E-state index in [2.05, 4.69) is 28.4 Å². The predicted molar refractivity (Wildman–Crippen MR) is 122 cm³/mol. The van der Waals surface area contributed by atoms with Crippen molar-refractivity contribution in [3.05, 3.63) is 53.9 Å². The van der Waals surface area contributed by atoms with Crippen molar-refractivity contribution in [3.63, 3.8) is 0 Å². The van der Waals surface area contributed by atoms with Crippen LogP contribution in [-0.4, -0.2) is 63.9 Å². The third-order valence-electron chi connectivity index (χ3n) is 5.60. The Morgan fingerprint density at radius 2 is 2.00 bits per heavy atom. The van der Waals surface area contributed by atoms with Crippen molar-refractivity contribution in [3.8, 4) is 0 Å². The quantitative estimate of drug-likeness (QED) is 0.424. The van der Waals surface area contributed by atoms with Gasteiger partial charge in [0.25, 0.3) is 0 Å². The number of nitrogens with zero attached hydrogens (tertiary/aromatic N) is 4. The summed E-state index contributed by atoms with van der Waals surface area (Å²) in [7, 11) is -3.05. The van der Waals surface area contributed by atoms with Crippen LogP contribution >= 0.6 is 11.8 Å². The lowest BCUT2D eigenvalue weighted by Crippen LogP contribution is -2.42. The number of hydrogen-bond acceptors (Lipinski definition) is 7. The highest BCUT2D eigenvalue weighted by Gasteiger charge is 2.33. The van der Waals surface area contributed by atoms with Gasteiger partial charge >= 0.3 is 0 Å². The molecule has 0 saturated carbocycles. The van der Waals surface area contributed by atoms with Crippen LogP contribution in [0.3, 0.4) is 0 Å². The third kappa shape index (κ3) is 4.69. The average Bonchev–Trinajstić information content (AvgIpc) is 3.29. The van der Waals surface area contributed by atoms with Crippen LogP contribution in [0.2, 0.25) is 0 Å². The van der Waals surface area contributed by atoms with Crippen LogP contribution in [0.15, 0.2) is 47.6 Å². The summed E-state index contributed by atoms with van der Waals surface area (Å²) in [5, 5.41) is 11.1. The second-order valence-electron chi connectivity index (χ2n) is 7.61. The molecule has 31 heavy (non-hydrogen) atoms. The molecule has 8 nitrogen and oxygen atoms in total. The summed E-state index contributed by atoms with van der Waals surface area (Å²) < 4.78 is 24.9. The Balaban J connectivity index is 1.43. The minimum absolute atomic E-state index is 0.0412. The van der Waals surface area contributed by atoms with E-state index in [4.69, 9.17) is 5.84 Å². The molecular weight excluding hydrogens is 434 g/mol. The SMILES string of the molecule is CCN(C(=O)CSc1nnc(Cc2cccc3ccccc23)n1N)[C@@H]1CCS(=O)(=O)C1. The lowest BCUT2D eigenvalue weighted by atomic mass is 10.0. The van der Waals surface area contributed by atoms with Gasteiger partial charge in [-0.05, 0) is 29.7 Å². The maximum absolute atomic E-state index is 12.7. The average molecular weight is 460 g/mol. The number of rotatable bonds is 7. The zero-order chi connectivity index (χ0) is 22.0. The van der Waals surface area contributed by atoms with Gasteiger partial charge in [-0.2, -0.15) is 0 Å². The Bertz CT molecular complexity index is 1200. The second kappa shape index (κ2) is 8.88. The Hall–Kier alpha value is -2.59. The van der Waals surface area contributed by atoms with Crippen molar-refractivity contribution in [2.45, 2.75) is 31.0 Å². The van der Waals surface area contributed by atoms with E-state index in [9.17, 15) is 13.2 Å². The van der Waals surface area contributed by atoms with E-state index in [1.54, 1.807) is 4.90 Å². The summed E-state index contributed by atoms with van der Waals surface area (Å²) in [5.41, 5.74) is 1.10. The van der Waals surface area contributed by atoms with Crippen molar-refractivity contribution in [2.24, 2.45) is 0 Å². The summed E-state index contributed by atoms with van der Waals surface area (Å²) in [6.45, 7) is 2.34. The highest BCUT2D eigenvalue weighted by Crippen LogP contribution is 2.23. The summed E-state index contributed by atoms with van der Waals surface area (Å²) >= 11 is 1.22. The number of hydrogen-bond donors (Lipinski definition) is 1. The lowest BCUT2D eigenvalue weighted by Gasteiger charge is -2.26. The molecule has 1 aliphatic heterocycles. The van der Waals surface area contributed by atoms with Crippen LogP contribution < -0.4 is 5.84 Å². The highest BCUT2D eigenvalue weighted by molar-refractivity contribution is 7.99. The van der Waals surface area contributed by atoms with Gasteiger partial charge in [0.05, 0.1) is 17.3 Å². The van der Waals surface area contributed by atoms with Crippen molar-refractivity contribution in [2.75, 3.05) is 29.6 Å². The lowest BCUT2D eigenvalue weighted by molar-refractivity contribution is -0.129. The van der Waals surface area contributed by atoms with Crippen LogP contribution in [0.4, 0.5) is 0 Å². The van der Waals surface area contributed by atoms with Gasteiger partial charge in [-0.3, -0.25) is 4.79 Å². The Morgan fingerprint density at radius 3 is 2.74 bits per heavy atom. The summed E-state index contributed by atoms with van der Waals surface area (Å²) in [6.07, 6.45) is 1.02. The molecule has 1 saturated heterocycles. The number of carbonyl (C=O) groups is 1. The van der Waals surface area contributed by atoms with Gasteiger partial charge in [0.1, 0.15) is 0 Å². The fraction of sp³-hybridized carbons (Fsp3) is 0.381. The molecule has 1 atom stereocenters. The molecule has 3 aromatic rings. The monoisotopic (exact) mass is 459 g/mol. The maximum atomic E-state index is 12.7. The minimum Gasteiger partial charge on any atom is -0.338 e. The molecule has 164 valence electrons. The largest absolute Gasteiger partial charge is 0.338 e. The summed E-state index contributed by atoms with van der Waals surface area (Å²) in [6, 6.07) is 14.0. The van der Waals surface area contributed by atoms with E-state index in [1.807, 2.05) is 31.2 Å². The first kappa shape index (κ1) is 21.6. The first-order chi connectivity index (χ1) is 14.9. The number of nitrogen functional groups attached to an aromatic ring is 1.